The van der Waals surface area contributed by atoms with E-state index in [1.165, 1.54) is 19.3 Å². The molecule has 0 aromatic heterocycles. The van der Waals surface area contributed by atoms with Crippen LogP contribution in [-0.4, -0.2) is 0 Å². The van der Waals surface area contributed by atoms with Gasteiger partial charge in [0.2, 0.25) is 0 Å². The fourth-order valence-electron chi connectivity index (χ4n) is 1.86. The average Bonchev–Trinajstić information content (AvgIpc) is 2.10. The van der Waals surface area contributed by atoms with Crippen LogP contribution in [-0.2, 0) is 0 Å². The van der Waals surface area contributed by atoms with E-state index < -0.39 is 0 Å². The Balaban J connectivity index is 3.90. The molecule has 14 heavy (non-hydrogen) atoms. The van der Waals surface area contributed by atoms with Crippen LogP contribution in [0.5, 0.6) is 0 Å². The molecule has 0 heterocycles. The quantitative estimate of drug-likeness (QED) is 0.574. The van der Waals surface area contributed by atoms with Crippen molar-refractivity contribution >= 4 is 0 Å². The number of hydrogen-bond acceptors (Lipinski definition) is 0. The Morgan fingerprint density at radius 2 is 1.43 bits per heavy atom. The molecule has 0 aliphatic rings. The summed E-state index contributed by atoms with van der Waals surface area (Å²) in [6, 6.07) is 0. The first-order valence-electron chi connectivity index (χ1n) is 6.28. The van der Waals surface area contributed by atoms with Gasteiger partial charge in [-0.05, 0) is 36.0 Å². The summed E-state index contributed by atoms with van der Waals surface area (Å²) in [5.74, 6) is 2.64. The fourth-order valence-corrected chi connectivity index (χ4v) is 1.86. The molecule has 0 aromatic carbocycles. The van der Waals surface area contributed by atoms with Crippen molar-refractivity contribution in [3.8, 4) is 0 Å². The third-order valence-electron chi connectivity index (χ3n) is 3.79. The van der Waals surface area contributed by atoms with Gasteiger partial charge in [-0.1, -0.05) is 54.9 Å². The lowest BCUT2D eigenvalue weighted by molar-refractivity contribution is 0.228. The van der Waals surface area contributed by atoms with Crippen molar-refractivity contribution in [1.29, 1.82) is 0 Å². The van der Waals surface area contributed by atoms with Gasteiger partial charge in [0.15, 0.2) is 0 Å². The molecule has 0 spiro atoms. The van der Waals surface area contributed by atoms with Crippen molar-refractivity contribution in [2.45, 2.75) is 67.7 Å². The van der Waals surface area contributed by atoms with Crippen LogP contribution in [0.1, 0.15) is 67.7 Å². The molecule has 3 unspecified atom stereocenters. The maximum absolute atomic E-state index is 2.42. The van der Waals surface area contributed by atoms with Crippen LogP contribution in [0.2, 0.25) is 0 Å². The lowest BCUT2D eigenvalue weighted by Gasteiger charge is -2.28. The molecule has 86 valence electrons. The molecule has 0 saturated carbocycles. The number of rotatable bonds is 5. The van der Waals surface area contributed by atoms with Crippen molar-refractivity contribution in [2.24, 2.45) is 23.2 Å². The first-order chi connectivity index (χ1) is 6.28. The molecule has 0 fully saturated rings. The van der Waals surface area contributed by atoms with E-state index in [2.05, 4.69) is 48.5 Å². The summed E-state index contributed by atoms with van der Waals surface area (Å²) in [6.45, 7) is 16.6. The van der Waals surface area contributed by atoms with Gasteiger partial charge in [-0.25, -0.2) is 0 Å². The summed E-state index contributed by atoms with van der Waals surface area (Å²) in [5, 5.41) is 0. The normalized spacial score (nSPS) is 19.1. The molecule has 0 saturated heterocycles. The van der Waals surface area contributed by atoms with Gasteiger partial charge in [-0.15, -0.1) is 0 Å². The predicted octanol–water partition coefficient (Wildman–Crippen LogP) is 5.13. The minimum atomic E-state index is 0.503. The Morgan fingerprint density at radius 1 is 0.929 bits per heavy atom. The van der Waals surface area contributed by atoms with Gasteiger partial charge >= 0.3 is 0 Å². The molecule has 0 heteroatoms. The van der Waals surface area contributed by atoms with Crippen LogP contribution in [0, 0.1) is 23.2 Å². The molecule has 0 N–H and O–H groups in total. The van der Waals surface area contributed by atoms with Gasteiger partial charge in [-0.3, -0.25) is 0 Å². The van der Waals surface area contributed by atoms with Crippen LogP contribution < -0.4 is 0 Å². The first kappa shape index (κ1) is 14.0. The zero-order valence-electron chi connectivity index (χ0n) is 11.4. The van der Waals surface area contributed by atoms with Crippen LogP contribution in [0.25, 0.3) is 0 Å². The molecular formula is C14H30. The lowest BCUT2D eigenvalue weighted by Crippen LogP contribution is -2.18. The second-order valence-electron chi connectivity index (χ2n) is 6.32. The Morgan fingerprint density at radius 3 is 1.79 bits per heavy atom. The summed E-state index contributed by atoms with van der Waals surface area (Å²) in [5.41, 5.74) is 0.503. The van der Waals surface area contributed by atoms with Gasteiger partial charge in [0.05, 0.1) is 0 Å². The molecule has 0 aromatic rings. The van der Waals surface area contributed by atoms with Crippen molar-refractivity contribution in [2.75, 3.05) is 0 Å². The van der Waals surface area contributed by atoms with Crippen molar-refractivity contribution in [3.63, 3.8) is 0 Å². The molecule has 0 rings (SSSR count). The highest BCUT2D eigenvalue weighted by Crippen LogP contribution is 2.30. The largest absolute Gasteiger partial charge is 0.0651 e. The fraction of sp³-hybridized carbons (Fsp3) is 1.00. The standard InChI is InChI=1S/C14H30/c1-8-11(2)13(4)12(3)9-10-14(5,6)7/h11-13H,8-10H2,1-7H3. The van der Waals surface area contributed by atoms with Crippen LogP contribution >= 0.6 is 0 Å². The summed E-state index contributed by atoms with van der Waals surface area (Å²) in [6.07, 6.45) is 4.06. The highest BCUT2D eigenvalue weighted by molar-refractivity contribution is 4.70. The molecule has 0 radical (unpaired) electrons. The first-order valence-corrected chi connectivity index (χ1v) is 6.28. The van der Waals surface area contributed by atoms with Crippen LogP contribution in [0.3, 0.4) is 0 Å². The maximum atomic E-state index is 2.42. The highest BCUT2D eigenvalue weighted by Gasteiger charge is 2.20. The van der Waals surface area contributed by atoms with E-state index in [1.54, 1.807) is 0 Å². The molecular weight excluding hydrogens is 168 g/mol. The van der Waals surface area contributed by atoms with E-state index in [0.29, 0.717) is 5.41 Å². The average molecular weight is 198 g/mol. The van der Waals surface area contributed by atoms with Crippen LogP contribution in [0.15, 0.2) is 0 Å². The Kier molecular flexibility index (Phi) is 5.78. The second-order valence-corrected chi connectivity index (χ2v) is 6.32. The Labute approximate surface area is 91.5 Å². The zero-order chi connectivity index (χ0) is 11.4. The SMILES string of the molecule is CCC(C)C(C)C(C)CCC(C)(C)C. The molecule has 0 aliphatic heterocycles. The van der Waals surface area contributed by atoms with Gasteiger partial charge in [0.1, 0.15) is 0 Å². The van der Waals surface area contributed by atoms with Gasteiger partial charge < -0.3 is 0 Å². The van der Waals surface area contributed by atoms with E-state index in [9.17, 15) is 0 Å². The minimum absolute atomic E-state index is 0.503. The second kappa shape index (κ2) is 5.78. The smallest absolute Gasteiger partial charge is 0.0383 e. The van der Waals surface area contributed by atoms with E-state index in [4.69, 9.17) is 0 Å². The summed E-state index contributed by atoms with van der Waals surface area (Å²) >= 11 is 0. The van der Waals surface area contributed by atoms with Crippen molar-refractivity contribution < 1.29 is 0 Å². The third-order valence-corrected chi connectivity index (χ3v) is 3.79. The van der Waals surface area contributed by atoms with E-state index in [-0.39, 0.29) is 0 Å². The van der Waals surface area contributed by atoms with Crippen LogP contribution in [0.4, 0.5) is 0 Å². The molecule has 0 nitrogen and oxygen atoms in total. The Hall–Kier alpha value is 0. The van der Waals surface area contributed by atoms with Gasteiger partial charge in [0, 0.05) is 0 Å². The topological polar surface area (TPSA) is 0 Å². The zero-order valence-corrected chi connectivity index (χ0v) is 11.4. The van der Waals surface area contributed by atoms with E-state index in [1.807, 2.05) is 0 Å². The summed E-state index contributed by atoms with van der Waals surface area (Å²) in [4.78, 5) is 0. The maximum Gasteiger partial charge on any atom is -0.0383 e. The van der Waals surface area contributed by atoms with Gasteiger partial charge in [0.25, 0.3) is 0 Å². The van der Waals surface area contributed by atoms with Gasteiger partial charge in [-0.2, -0.15) is 0 Å². The lowest BCUT2D eigenvalue weighted by atomic mass is 9.78. The number of hydrogen-bond donors (Lipinski definition) is 0. The summed E-state index contributed by atoms with van der Waals surface area (Å²) in [7, 11) is 0. The van der Waals surface area contributed by atoms with E-state index in [0.717, 1.165) is 17.8 Å². The third kappa shape index (κ3) is 5.67. The van der Waals surface area contributed by atoms with E-state index >= 15 is 0 Å². The predicted molar refractivity (Wildman–Crippen MR) is 66.5 cm³/mol. The molecule has 3 atom stereocenters. The monoisotopic (exact) mass is 198 g/mol. The van der Waals surface area contributed by atoms with Crippen molar-refractivity contribution in [1.82, 2.24) is 0 Å². The molecule has 0 amide bonds. The Bertz CT molecular complexity index is 141. The minimum Gasteiger partial charge on any atom is -0.0651 e. The molecule has 0 bridgehead atoms. The molecule has 0 aliphatic carbocycles. The highest BCUT2D eigenvalue weighted by atomic mass is 14.3. The summed E-state index contributed by atoms with van der Waals surface area (Å²) < 4.78 is 0. The van der Waals surface area contributed by atoms with Crippen molar-refractivity contribution in [3.05, 3.63) is 0 Å².